The van der Waals surface area contributed by atoms with Crippen LogP contribution in [0.1, 0.15) is 22.3 Å². The van der Waals surface area contributed by atoms with Gasteiger partial charge >= 0.3 is 0 Å². The molecule has 0 bridgehead atoms. The normalized spacial score (nSPS) is 14.8. The van der Waals surface area contributed by atoms with Crippen molar-refractivity contribution in [3.05, 3.63) is 58.7 Å². The molecule has 2 N–H and O–H groups in total. The first-order valence-corrected chi connectivity index (χ1v) is 10.4. The third kappa shape index (κ3) is 3.32. The minimum Gasteiger partial charge on any atom is -0.507 e. The molecule has 124 valence electrons. The number of carbonyl (C=O) groups excluding carboxylic acids is 1. The summed E-state index contributed by atoms with van der Waals surface area (Å²) in [5, 5.41) is 13.3. The molecule has 0 aliphatic carbocycles. The molecule has 1 amide bonds. The lowest BCUT2D eigenvalue weighted by Crippen LogP contribution is -2.03. The van der Waals surface area contributed by atoms with Crippen LogP contribution < -0.4 is 5.32 Å². The number of benzene rings is 2. The fourth-order valence-electron chi connectivity index (χ4n) is 2.85. The average molecular weight is 358 g/mol. The number of phenols is 1. The van der Waals surface area contributed by atoms with Crippen LogP contribution in [0.25, 0.3) is 11.6 Å². The number of rotatable bonds is 5. The van der Waals surface area contributed by atoms with Crippen molar-refractivity contribution in [2.45, 2.75) is 11.5 Å². The Labute approximate surface area is 150 Å². The van der Waals surface area contributed by atoms with Gasteiger partial charge in [0, 0.05) is 39.5 Å². The summed E-state index contributed by atoms with van der Waals surface area (Å²) in [6.45, 7) is 0. The molecular formula is C19H19NO2S2. The number of carbonyl (C=O) groups is 1. The van der Waals surface area contributed by atoms with Crippen molar-refractivity contribution in [1.82, 2.24) is 0 Å². The fraction of sp³-hybridized carbons (Fsp3) is 0.211. The molecule has 2 aromatic carbocycles. The van der Waals surface area contributed by atoms with Crippen LogP contribution in [0.3, 0.4) is 0 Å². The van der Waals surface area contributed by atoms with Gasteiger partial charge in [0.25, 0.3) is 5.91 Å². The summed E-state index contributed by atoms with van der Waals surface area (Å²) in [4.78, 5) is 12.3. The van der Waals surface area contributed by atoms with Gasteiger partial charge < -0.3 is 10.4 Å². The van der Waals surface area contributed by atoms with E-state index >= 15 is 0 Å². The van der Waals surface area contributed by atoms with E-state index in [1.54, 1.807) is 23.5 Å². The highest BCUT2D eigenvalue weighted by molar-refractivity contribution is 7.98. The first-order chi connectivity index (χ1) is 11.6. The van der Waals surface area contributed by atoms with E-state index in [1.165, 1.54) is 0 Å². The molecule has 0 saturated heterocycles. The minimum absolute atomic E-state index is 0.0814. The SMILES string of the molecule is CSCc1cc(/C=C2/C(=O)Nc3ccccc32)cc(CSC)c1O. The zero-order valence-corrected chi connectivity index (χ0v) is 15.3. The highest BCUT2D eigenvalue weighted by Gasteiger charge is 2.23. The monoisotopic (exact) mass is 357 g/mol. The Morgan fingerprint density at radius 3 is 2.33 bits per heavy atom. The molecular weight excluding hydrogens is 338 g/mol. The van der Waals surface area contributed by atoms with E-state index in [1.807, 2.05) is 55.0 Å². The Morgan fingerprint density at radius 1 is 1.08 bits per heavy atom. The summed E-state index contributed by atoms with van der Waals surface area (Å²) < 4.78 is 0. The Balaban J connectivity index is 2.08. The van der Waals surface area contributed by atoms with Crippen LogP contribution in [0.5, 0.6) is 5.75 Å². The topological polar surface area (TPSA) is 49.3 Å². The number of aromatic hydroxyl groups is 1. The maximum absolute atomic E-state index is 12.3. The summed E-state index contributed by atoms with van der Waals surface area (Å²) in [5.41, 5.74) is 5.21. The van der Waals surface area contributed by atoms with Crippen LogP contribution in [-0.4, -0.2) is 23.5 Å². The molecule has 0 unspecified atom stereocenters. The number of thioether (sulfide) groups is 2. The van der Waals surface area contributed by atoms with Crippen molar-refractivity contribution in [3.63, 3.8) is 0 Å². The van der Waals surface area contributed by atoms with Gasteiger partial charge in [-0.05, 0) is 42.4 Å². The summed E-state index contributed by atoms with van der Waals surface area (Å²) in [6.07, 6.45) is 5.94. The maximum Gasteiger partial charge on any atom is 0.256 e. The summed E-state index contributed by atoms with van der Waals surface area (Å²) in [6, 6.07) is 11.6. The fourth-order valence-corrected chi connectivity index (χ4v) is 3.91. The largest absolute Gasteiger partial charge is 0.507 e. The molecule has 0 fully saturated rings. The van der Waals surface area contributed by atoms with Crippen LogP contribution in [0.4, 0.5) is 5.69 Å². The number of anilines is 1. The number of phenolic OH excluding ortho intramolecular Hbond substituents is 1. The molecule has 24 heavy (non-hydrogen) atoms. The van der Waals surface area contributed by atoms with Gasteiger partial charge in [-0.15, -0.1) is 0 Å². The van der Waals surface area contributed by atoms with Gasteiger partial charge in [0.2, 0.25) is 0 Å². The second kappa shape index (κ2) is 7.36. The van der Waals surface area contributed by atoms with Crippen LogP contribution in [-0.2, 0) is 16.3 Å². The van der Waals surface area contributed by atoms with Gasteiger partial charge in [-0.2, -0.15) is 23.5 Å². The highest BCUT2D eigenvalue weighted by Crippen LogP contribution is 2.35. The van der Waals surface area contributed by atoms with Gasteiger partial charge in [0.1, 0.15) is 5.75 Å². The van der Waals surface area contributed by atoms with Crippen molar-refractivity contribution in [2.75, 3.05) is 17.8 Å². The smallest absolute Gasteiger partial charge is 0.256 e. The third-order valence-corrected chi connectivity index (χ3v) is 5.11. The number of hydrogen-bond donors (Lipinski definition) is 2. The van der Waals surface area contributed by atoms with Crippen molar-refractivity contribution in [2.24, 2.45) is 0 Å². The van der Waals surface area contributed by atoms with E-state index in [0.29, 0.717) is 11.3 Å². The quantitative estimate of drug-likeness (QED) is 0.767. The maximum atomic E-state index is 12.3. The lowest BCUT2D eigenvalue weighted by molar-refractivity contribution is -0.110. The second-order valence-electron chi connectivity index (χ2n) is 5.61. The molecule has 1 aliphatic heterocycles. The molecule has 3 nitrogen and oxygen atoms in total. The summed E-state index contributed by atoms with van der Waals surface area (Å²) in [7, 11) is 0. The molecule has 2 aromatic rings. The van der Waals surface area contributed by atoms with Gasteiger partial charge in [0.05, 0.1) is 0 Å². The molecule has 0 spiro atoms. The van der Waals surface area contributed by atoms with E-state index in [9.17, 15) is 9.90 Å². The summed E-state index contributed by atoms with van der Waals surface area (Å²) in [5.74, 6) is 1.78. The minimum atomic E-state index is -0.0814. The zero-order valence-electron chi connectivity index (χ0n) is 13.6. The van der Waals surface area contributed by atoms with Crippen molar-refractivity contribution < 1.29 is 9.90 Å². The van der Waals surface area contributed by atoms with E-state index in [2.05, 4.69) is 5.32 Å². The standard InChI is InChI=1S/C19H19NO2S2/c1-23-10-13-7-12(8-14(11-24-2)18(13)21)9-16-15-5-3-4-6-17(15)20-19(16)22/h3-9,21H,10-11H2,1-2H3,(H,20,22)/b16-9+. The molecule has 0 radical (unpaired) electrons. The molecule has 3 rings (SSSR count). The molecule has 0 aromatic heterocycles. The Hall–Kier alpha value is -1.85. The number of fused-ring (bicyclic) bond motifs is 1. The Kier molecular flexibility index (Phi) is 5.21. The number of nitrogens with one attached hydrogen (secondary N) is 1. The first kappa shape index (κ1) is 17.0. The van der Waals surface area contributed by atoms with E-state index in [4.69, 9.17) is 0 Å². The summed E-state index contributed by atoms with van der Waals surface area (Å²) >= 11 is 3.34. The molecule has 1 heterocycles. The van der Waals surface area contributed by atoms with E-state index in [0.717, 1.165) is 39.4 Å². The zero-order chi connectivity index (χ0) is 17.1. The van der Waals surface area contributed by atoms with Crippen LogP contribution in [0.15, 0.2) is 36.4 Å². The highest BCUT2D eigenvalue weighted by atomic mass is 32.2. The Morgan fingerprint density at radius 2 is 1.71 bits per heavy atom. The molecule has 0 atom stereocenters. The van der Waals surface area contributed by atoms with Gasteiger partial charge in [-0.3, -0.25) is 4.79 Å². The first-order valence-electron chi connectivity index (χ1n) is 7.59. The van der Waals surface area contributed by atoms with Gasteiger partial charge in [-0.25, -0.2) is 0 Å². The van der Waals surface area contributed by atoms with Crippen LogP contribution >= 0.6 is 23.5 Å². The van der Waals surface area contributed by atoms with Crippen LogP contribution in [0.2, 0.25) is 0 Å². The van der Waals surface area contributed by atoms with Crippen molar-refractivity contribution in [1.29, 1.82) is 0 Å². The second-order valence-corrected chi connectivity index (χ2v) is 7.34. The average Bonchev–Trinajstić information content (AvgIpc) is 2.88. The van der Waals surface area contributed by atoms with Crippen LogP contribution in [0, 0.1) is 0 Å². The van der Waals surface area contributed by atoms with Gasteiger partial charge in [0.15, 0.2) is 0 Å². The van der Waals surface area contributed by atoms with E-state index < -0.39 is 0 Å². The van der Waals surface area contributed by atoms with Crippen molar-refractivity contribution >= 4 is 46.8 Å². The lowest BCUT2D eigenvalue weighted by atomic mass is 10.0. The number of amides is 1. The number of hydrogen-bond acceptors (Lipinski definition) is 4. The van der Waals surface area contributed by atoms with Gasteiger partial charge in [-0.1, -0.05) is 18.2 Å². The van der Waals surface area contributed by atoms with Crippen molar-refractivity contribution in [3.8, 4) is 5.75 Å². The predicted molar refractivity (Wildman–Crippen MR) is 105 cm³/mol. The van der Waals surface area contributed by atoms with E-state index in [-0.39, 0.29) is 5.91 Å². The molecule has 5 heteroatoms. The third-order valence-electron chi connectivity index (χ3n) is 3.91. The lowest BCUT2D eigenvalue weighted by Gasteiger charge is -2.11. The Bertz CT molecular complexity index is 788. The molecule has 0 saturated carbocycles. The predicted octanol–water partition coefficient (Wildman–Crippen LogP) is 4.61. The molecule has 1 aliphatic rings. The number of para-hydroxylation sites is 1.